The minimum absolute atomic E-state index is 0.114. The van der Waals surface area contributed by atoms with Crippen molar-refractivity contribution < 1.29 is 14.3 Å². The van der Waals surface area contributed by atoms with Crippen molar-refractivity contribution in [2.45, 2.75) is 12.0 Å². The van der Waals surface area contributed by atoms with E-state index < -0.39 is 16.9 Å². The molecule has 0 radical (unpaired) electrons. The molecule has 1 aromatic heterocycles. The number of hydrogen-bond acceptors (Lipinski definition) is 5. The van der Waals surface area contributed by atoms with E-state index >= 15 is 0 Å². The molecule has 7 nitrogen and oxygen atoms in total. The standard InChI is InChI=1S/C17H12N4O3S/c18-10-12-14(11-6-2-3-7-13(11)21(23)24)15(16(22)19-17(12)25)20-8-4-1-5-9-20/h1-9,14-15H,(H-,19,22,25)/p+1. The first-order valence-electron chi connectivity index (χ1n) is 7.37. The van der Waals surface area contributed by atoms with E-state index in [-0.39, 0.29) is 22.2 Å². The molecule has 0 saturated heterocycles. The molecule has 1 aliphatic rings. The molecule has 25 heavy (non-hydrogen) atoms. The van der Waals surface area contributed by atoms with Gasteiger partial charge in [0.15, 0.2) is 12.4 Å². The summed E-state index contributed by atoms with van der Waals surface area (Å²) in [4.78, 5) is 23.6. The van der Waals surface area contributed by atoms with Crippen molar-refractivity contribution in [3.8, 4) is 6.07 Å². The molecule has 2 aromatic rings. The van der Waals surface area contributed by atoms with Crippen LogP contribution in [-0.4, -0.2) is 10.8 Å². The van der Waals surface area contributed by atoms with Gasteiger partial charge in [0.25, 0.3) is 11.6 Å². The molecule has 8 heteroatoms. The quantitative estimate of drug-likeness (QED) is 0.381. The number of nitro benzene ring substituents is 1. The normalized spacial score (nSPS) is 19.9. The van der Waals surface area contributed by atoms with E-state index in [0.717, 1.165) is 0 Å². The summed E-state index contributed by atoms with van der Waals surface area (Å²) in [6.45, 7) is 0. The Hall–Kier alpha value is -3.18. The van der Waals surface area contributed by atoms with Gasteiger partial charge in [-0.25, -0.2) is 0 Å². The zero-order valence-electron chi connectivity index (χ0n) is 12.9. The maximum atomic E-state index is 12.6. The summed E-state index contributed by atoms with van der Waals surface area (Å²) in [5.41, 5.74) is 0.336. The third-order valence-electron chi connectivity index (χ3n) is 4.04. The number of nitro groups is 1. The van der Waals surface area contributed by atoms with Crippen LogP contribution in [0.2, 0.25) is 0 Å². The molecule has 1 aromatic carbocycles. The molecule has 0 saturated carbocycles. The molecule has 2 heterocycles. The zero-order valence-corrected chi connectivity index (χ0v) is 13.8. The molecule has 1 amide bonds. The Morgan fingerprint density at radius 1 is 1.20 bits per heavy atom. The predicted molar refractivity (Wildman–Crippen MR) is 91.3 cm³/mol. The SMILES string of the molecule is N#CC1=C(S)NC(=O)C([n+]2ccccc2)C1c1ccccc1[N+](=O)[O-]. The number of carbonyl (C=O) groups excluding carboxylic acids is 1. The zero-order chi connectivity index (χ0) is 18.0. The lowest BCUT2D eigenvalue weighted by molar-refractivity contribution is -0.711. The highest BCUT2D eigenvalue weighted by Crippen LogP contribution is 2.41. The second-order valence-electron chi connectivity index (χ2n) is 5.42. The topological polar surface area (TPSA) is 99.9 Å². The predicted octanol–water partition coefficient (Wildman–Crippen LogP) is 2.00. The highest BCUT2D eigenvalue weighted by atomic mass is 32.1. The maximum absolute atomic E-state index is 12.6. The van der Waals surface area contributed by atoms with Crippen molar-refractivity contribution >= 4 is 24.2 Å². The van der Waals surface area contributed by atoms with Crippen molar-refractivity contribution in [2.75, 3.05) is 0 Å². The lowest BCUT2D eigenvalue weighted by Crippen LogP contribution is -2.53. The second-order valence-corrected chi connectivity index (χ2v) is 5.87. The van der Waals surface area contributed by atoms with Gasteiger partial charge in [-0.15, -0.1) is 12.6 Å². The summed E-state index contributed by atoms with van der Waals surface area (Å²) >= 11 is 4.19. The van der Waals surface area contributed by atoms with Crippen molar-refractivity contribution in [3.63, 3.8) is 0 Å². The van der Waals surface area contributed by atoms with Crippen molar-refractivity contribution in [1.29, 1.82) is 5.26 Å². The summed E-state index contributed by atoms with van der Waals surface area (Å²) < 4.78 is 1.63. The van der Waals surface area contributed by atoms with Crippen LogP contribution in [0.5, 0.6) is 0 Å². The number of pyridine rings is 1. The molecule has 0 bridgehead atoms. The minimum Gasteiger partial charge on any atom is -0.314 e. The average Bonchev–Trinajstić information content (AvgIpc) is 2.61. The first-order chi connectivity index (χ1) is 12.0. The summed E-state index contributed by atoms with van der Waals surface area (Å²) in [5.74, 6) is -1.20. The fourth-order valence-electron chi connectivity index (χ4n) is 2.98. The Labute approximate surface area is 148 Å². The van der Waals surface area contributed by atoms with Gasteiger partial charge in [0.05, 0.1) is 27.5 Å². The van der Waals surface area contributed by atoms with Gasteiger partial charge in [0.1, 0.15) is 0 Å². The summed E-state index contributed by atoms with van der Waals surface area (Å²) in [7, 11) is 0. The van der Waals surface area contributed by atoms with Crippen molar-refractivity contribution in [1.82, 2.24) is 5.32 Å². The molecule has 3 rings (SSSR count). The first-order valence-corrected chi connectivity index (χ1v) is 7.82. The van der Waals surface area contributed by atoms with Gasteiger partial charge in [-0.3, -0.25) is 14.9 Å². The van der Waals surface area contributed by atoms with Crippen LogP contribution in [0.3, 0.4) is 0 Å². The molecule has 0 spiro atoms. The number of carbonyl (C=O) groups is 1. The van der Waals surface area contributed by atoms with Gasteiger partial charge in [-0.1, -0.05) is 24.3 Å². The minimum atomic E-state index is -0.840. The van der Waals surface area contributed by atoms with E-state index in [4.69, 9.17) is 0 Å². The Morgan fingerprint density at radius 2 is 1.88 bits per heavy atom. The van der Waals surface area contributed by atoms with E-state index in [1.165, 1.54) is 6.07 Å². The van der Waals surface area contributed by atoms with Gasteiger partial charge in [0, 0.05) is 23.8 Å². The van der Waals surface area contributed by atoms with Crippen LogP contribution in [0.4, 0.5) is 5.69 Å². The van der Waals surface area contributed by atoms with Crippen LogP contribution >= 0.6 is 12.6 Å². The highest BCUT2D eigenvalue weighted by Gasteiger charge is 2.46. The first kappa shape index (κ1) is 16.7. The third kappa shape index (κ3) is 2.97. The Kier molecular flexibility index (Phi) is 4.50. The monoisotopic (exact) mass is 353 g/mol. The fourth-order valence-corrected chi connectivity index (χ4v) is 3.28. The van der Waals surface area contributed by atoms with E-state index in [9.17, 15) is 20.2 Å². The number of rotatable bonds is 3. The summed E-state index contributed by atoms with van der Waals surface area (Å²) in [6, 6.07) is 12.6. The number of amides is 1. The lowest BCUT2D eigenvalue weighted by atomic mass is 9.82. The van der Waals surface area contributed by atoms with Crippen molar-refractivity contribution in [2.24, 2.45) is 0 Å². The highest BCUT2D eigenvalue weighted by molar-refractivity contribution is 7.84. The number of allylic oxidation sites excluding steroid dienone is 1. The van der Waals surface area contributed by atoms with Crippen LogP contribution in [0.1, 0.15) is 17.5 Å². The summed E-state index contributed by atoms with van der Waals surface area (Å²) in [6.07, 6.45) is 3.37. The number of hydrogen-bond donors (Lipinski definition) is 2. The third-order valence-corrected chi connectivity index (χ3v) is 4.39. The Morgan fingerprint density at radius 3 is 2.52 bits per heavy atom. The van der Waals surface area contributed by atoms with Crippen LogP contribution in [0, 0.1) is 21.4 Å². The molecule has 0 fully saturated rings. The smallest absolute Gasteiger partial charge is 0.294 e. The second kappa shape index (κ2) is 6.75. The number of nitrogens with one attached hydrogen (secondary N) is 1. The molecule has 124 valence electrons. The van der Waals surface area contributed by atoms with Crippen LogP contribution in [0.15, 0.2) is 65.5 Å². The van der Waals surface area contributed by atoms with Gasteiger partial charge in [-0.05, 0) is 0 Å². The Balaban J connectivity index is 2.27. The van der Waals surface area contributed by atoms with Gasteiger partial charge >= 0.3 is 0 Å². The number of nitrogens with zero attached hydrogens (tertiary/aromatic N) is 3. The molecule has 1 aliphatic heterocycles. The fraction of sp³-hybridized carbons (Fsp3) is 0.118. The molecule has 1 N–H and O–H groups in total. The summed E-state index contributed by atoms with van der Waals surface area (Å²) in [5, 5.41) is 23.7. The number of para-hydroxylation sites is 1. The number of nitriles is 1. The maximum Gasteiger partial charge on any atom is 0.294 e. The van der Waals surface area contributed by atoms with Crippen LogP contribution in [0.25, 0.3) is 0 Å². The van der Waals surface area contributed by atoms with Crippen LogP contribution in [-0.2, 0) is 4.79 Å². The van der Waals surface area contributed by atoms with E-state index in [0.29, 0.717) is 5.56 Å². The van der Waals surface area contributed by atoms with Gasteiger partial charge in [0.2, 0.25) is 6.04 Å². The number of benzene rings is 1. The van der Waals surface area contributed by atoms with E-state index in [1.807, 2.05) is 6.07 Å². The number of aromatic nitrogens is 1. The van der Waals surface area contributed by atoms with Crippen molar-refractivity contribution in [3.05, 3.63) is 81.1 Å². The Bertz CT molecular complexity index is 921. The lowest BCUT2D eigenvalue weighted by Gasteiger charge is -2.27. The van der Waals surface area contributed by atoms with Crippen LogP contribution < -0.4 is 9.88 Å². The molecular weight excluding hydrogens is 340 g/mol. The molecule has 0 aliphatic carbocycles. The molecular formula is C17H13N4O3S+. The average molecular weight is 353 g/mol. The van der Waals surface area contributed by atoms with E-state index in [2.05, 4.69) is 17.9 Å². The number of thiol groups is 1. The van der Waals surface area contributed by atoms with E-state index in [1.54, 1.807) is 53.4 Å². The molecule has 2 atom stereocenters. The largest absolute Gasteiger partial charge is 0.314 e. The molecule has 2 unspecified atom stereocenters. The van der Waals surface area contributed by atoms with Gasteiger partial charge < -0.3 is 5.32 Å². The van der Waals surface area contributed by atoms with Gasteiger partial charge in [-0.2, -0.15) is 9.83 Å².